The molecule has 1 aliphatic carbocycles. The minimum Gasteiger partial charge on any atom is -0.380 e. The number of aryl methyl sites for hydroxylation is 1. The average molecular weight is 485 g/mol. The number of amides is 1. The van der Waals surface area contributed by atoms with Crippen molar-refractivity contribution < 1.29 is 9.53 Å². The molecule has 1 fully saturated rings. The van der Waals surface area contributed by atoms with Gasteiger partial charge in [0, 0.05) is 30.6 Å². The van der Waals surface area contributed by atoms with E-state index in [9.17, 15) is 4.79 Å². The summed E-state index contributed by atoms with van der Waals surface area (Å²) in [4.78, 5) is 21.7. The molecule has 2 atom stereocenters. The Bertz CT molecular complexity index is 911. The molecular formula is C22H34Cl2N6O2. The molecule has 4 N–H and O–H groups in total. The van der Waals surface area contributed by atoms with Gasteiger partial charge in [-0.2, -0.15) is 0 Å². The molecule has 10 heteroatoms. The van der Waals surface area contributed by atoms with Gasteiger partial charge in [0.2, 0.25) is 5.82 Å². The van der Waals surface area contributed by atoms with Crippen LogP contribution in [0.3, 0.4) is 0 Å². The van der Waals surface area contributed by atoms with Gasteiger partial charge in [-0.3, -0.25) is 10.2 Å². The highest BCUT2D eigenvalue weighted by Crippen LogP contribution is 2.27. The lowest BCUT2D eigenvalue weighted by molar-refractivity contribution is 0.0913. The van der Waals surface area contributed by atoms with Crippen molar-refractivity contribution in [3.8, 4) is 0 Å². The van der Waals surface area contributed by atoms with Gasteiger partial charge in [0.1, 0.15) is 5.82 Å². The summed E-state index contributed by atoms with van der Waals surface area (Å²) in [5.41, 5.74) is 1.84. The second kappa shape index (κ2) is 13.4. The molecule has 1 saturated carbocycles. The van der Waals surface area contributed by atoms with Gasteiger partial charge in [-0.15, -0.1) is 24.8 Å². The number of nitrogens with one attached hydrogen (secondary N) is 4. The third-order valence-electron chi connectivity index (χ3n) is 5.28. The highest BCUT2D eigenvalue weighted by Gasteiger charge is 2.26. The maximum absolute atomic E-state index is 12.6. The molecule has 1 heterocycles. The standard InChI is InChI=1S/C22H32N6O2.2ClH/c1-4-30-12-11-24-22(29)21-26-17-10-9-14(2)13-16(17)20(28-21)27-19-8-6-5-7-18(19)25-15(3)23;;/h9-10,13,18-19H,4-8,11-12H2,1-3H3,(H2,23,25)(H,24,29)(H,26,27,28);2*1H/t18-,19+;;/m1../s1. The molecule has 178 valence electrons. The predicted molar refractivity (Wildman–Crippen MR) is 134 cm³/mol. The molecular weight excluding hydrogens is 451 g/mol. The molecule has 1 aromatic carbocycles. The van der Waals surface area contributed by atoms with Gasteiger partial charge in [0.05, 0.1) is 18.0 Å². The number of fused-ring (bicyclic) bond motifs is 1. The van der Waals surface area contributed by atoms with Crippen molar-refractivity contribution in [2.75, 3.05) is 25.1 Å². The van der Waals surface area contributed by atoms with Crippen molar-refractivity contribution in [1.82, 2.24) is 20.6 Å². The fourth-order valence-corrected chi connectivity index (χ4v) is 3.84. The zero-order valence-corrected chi connectivity index (χ0v) is 20.5. The van der Waals surface area contributed by atoms with Crippen LogP contribution in [0.1, 0.15) is 55.7 Å². The topological polar surface area (TPSA) is 112 Å². The fraction of sp³-hybridized carbons (Fsp3) is 0.545. The second-order valence-corrected chi connectivity index (χ2v) is 7.78. The van der Waals surface area contributed by atoms with Gasteiger partial charge in [-0.05, 0) is 45.7 Å². The van der Waals surface area contributed by atoms with Crippen LogP contribution in [0, 0.1) is 12.3 Å². The molecule has 0 unspecified atom stereocenters. The summed E-state index contributed by atoms with van der Waals surface area (Å²) in [5, 5.41) is 18.4. The minimum atomic E-state index is -0.311. The minimum absolute atomic E-state index is 0. The van der Waals surface area contributed by atoms with Crippen molar-refractivity contribution in [1.29, 1.82) is 5.41 Å². The van der Waals surface area contributed by atoms with Crippen molar-refractivity contribution in [2.24, 2.45) is 0 Å². The van der Waals surface area contributed by atoms with Gasteiger partial charge in [0.25, 0.3) is 5.91 Å². The van der Waals surface area contributed by atoms with E-state index in [0.717, 1.165) is 42.1 Å². The van der Waals surface area contributed by atoms with Crippen LogP contribution < -0.4 is 16.0 Å². The first-order valence-electron chi connectivity index (χ1n) is 10.7. The van der Waals surface area contributed by atoms with E-state index < -0.39 is 0 Å². The summed E-state index contributed by atoms with van der Waals surface area (Å²) < 4.78 is 5.28. The number of benzene rings is 1. The molecule has 0 radical (unpaired) electrons. The fourth-order valence-electron chi connectivity index (χ4n) is 3.84. The molecule has 0 aliphatic heterocycles. The first-order chi connectivity index (χ1) is 14.5. The average Bonchev–Trinajstić information content (AvgIpc) is 2.72. The Morgan fingerprint density at radius 3 is 2.59 bits per heavy atom. The second-order valence-electron chi connectivity index (χ2n) is 7.78. The van der Waals surface area contributed by atoms with Crippen LogP contribution in [0.5, 0.6) is 0 Å². The number of halogens is 2. The normalized spacial score (nSPS) is 17.6. The molecule has 0 bridgehead atoms. The van der Waals surface area contributed by atoms with E-state index in [-0.39, 0.29) is 48.6 Å². The van der Waals surface area contributed by atoms with E-state index in [2.05, 4.69) is 25.9 Å². The first kappa shape index (κ1) is 27.9. The van der Waals surface area contributed by atoms with Crippen LogP contribution in [0.2, 0.25) is 0 Å². The number of ether oxygens (including phenoxy) is 1. The third-order valence-corrected chi connectivity index (χ3v) is 5.28. The van der Waals surface area contributed by atoms with Crippen molar-refractivity contribution in [3.05, 3.63) is 29.6 Å². The van der Waals surface area contributed by atoms with Gasteiger partial charge in [0.15, 0.2) is 0 Å². The molecule has 2 aromatic rings. The lowest BCUT2D eigenvalue weighted by Gasteiger charge is -2.33. The maximum Gasteiger partial charge on any atom is 0.289 e. The van der Waals surface area contributed by atoms with Gasteiger partial charge in [-0.1, -0.05) is 24.5 Å². The summed E-state index contributed by atoms with van der Waals surface area (Å²) in [5.74, 6) is 0.967. The molecule has 32 heavy (non-hydrogen) atoms. The van der Waals surface area contributed by atoms with Crippen LogP contribution in [0.4, 0.5) is 5.82 Å². The highest BCUT2D eigenvalue weighted by atomic mass is 35.5. The Kier molecular flexibility index (Phi) is 11.7. The summed E-state index contributed by atoms with van der Waals surface area (Å²) in [6.07, 6.45) is 4.25. The quantitative estimate of drug-likeness (QED) is 0.257. The number of carbonyl (C=O) groups is 1. The Balaban J connectivity index is 0.00000256. The Labute approximate surface area is 202 Å². The summed E-state index contributed by atoms with van der Waals surface area (Å²) in [6, 6.07) is 6.24. The van der Waals surface area contributed by atoms with E-state index in [0.29, 0.717) is 31.4 Å². The van der Waals surface area contributed by atoms with Crippen LogP contribution in [-0.2, 0) is 4.74 Å². The Morgan fingerprint density at radius 2 is 1.91 bits per heavy atom. The monoisotopic (exact) mass is 484 g/mol. The zero-order chi connectivity index (χ0) is 21.5. The van der Waals surface area contributed by atoms with Gasteiger partial charge >= 0.3 is 0 Å². The molecule has 0 spiro atoms. The number of hydrogen-bond acceptors (Lipinski definition) is 6. The largest absolute Gasteiger partial charge is 0.380 e. The number of amidine groups is 1. The SMILES string of the molecule is CCOCCNC(=O)c1nc(N[C@H]2CCCC[C@H]2NC(C)=N)c2cc(C)ccc2n1.Cl.Cl. The molecule has 3 rings (SSSR count). The summed E-state index contributed by atoms with van der Waals surface area (Å²) in [6.45, 7) is 7.19. The van der Waals surface area contributed by atoms with Crippen LogP contribution in [0.15, 0.2) is 18.2 Å². The summed E-state index contributed by atoms with van der Waals surface area (Å²) >= 11 is 0. The number of aromatic nitrogens is 2. The van der Waals surface area contributed by atoms with E-state index in [4.69, 9.17) is 10.1 Å². The number of rotatable bonds is 8. The molecule has 0 saturated heterocycles. The number of anilines is 1. The molecule has 1 amide bonds. The molecule has 8 nitrogen and oxygen atoms in total. The third kappa shape index (κ3) is 7.46. The zero-order valence-electron chi connectivity index (χ0n) is 18.9. The maximum atomic E-state index is 12.6. The van der Waals surface area contributed by atoms with Crippen molar-refractivity contribution in [3.63, 3.8) is 0 Å². The van der Waals surface area contributed by atoms with Crippen molar-refractivity contribution in [2.45, 2.75) is 58.5 Å². The molecule has 1 aromatic heterocycles. The van der Waals surface area contributed by atoms with Crippen LogP contribution in [-0.4, -0.2) is 53.6 Å². The lowest BCUT2D eigenvalue weighted by Crippen LogP contribution is -2.48. The van der Waals surface area contributed by atoms with Crippen molar-refractivity contribution >= 4 is 53.3 Å². The Hall–Kier alpha value is -2.16. The van der Waals surface area contributed by atoms with Gasteiger partial charge < -0.3 is 20.7 Å². The first-order valence-corrected chi connectivity index (χ1v) is 10.7. The number of hydrogen-bond donors (Lipinski definition) is 4. The smallest absolute Gasteiger partial charge is 0.289 e. The Morgan fingerprint density at radius 1 is 1.19 bits per heavy atom. The van der Waals surface area contributed by atoms with Gasteiger partial charge in [-0.25, -0.2) is 9.97 Å². The number of nitrogens with zero attached hydrogens (tertiary/aromatic N) is 2. The van der Waals surface area contributed by atoms with E-state index in [1.54, 1.807) is 6.92 Å². The lowest BCUT2D eigenvalue weighted by atomic mass is 9.90. The highest BCUT2D eigenvalue weighted by molar-refractivity contribution is 5.96. The molecule has 1 aliphatic rings. The van der Waals surface area contributed by atoms with E-state index in [1.165, 1.54) is 0 Å². The van der Waals surface area contributed by atoms with Crippen LogP contribution >= 0.6 is 24.8 Å². The predicted octanol–water partition coefficient (Wildman–Crippen LogP) is 3.86. The van der Waals surface area contributed by atoms with E-state index in [1.807, 2.05) is 32.0 Å². The van der Waals surface area contributed by atoms with E-state index >= 15 is 0 Å². The number of carbonyl (C=O) groups excluding carboxylic acids is 1. The summed E-state index contributed by atoms with van der Waals surface area (Å²) in [7, 11) is 0. The van der Waals surface area contributed by atoms with Crippen LogP contribution in [0.25, 0.3) is 10.9 Å².